The van der Waals surface area contributed by atoms with Crippen molar-refractivity contribution in [2.24, 2.45) is 0 Å². The Morgan fingerprint density at radius 2 is 1.88 bits per heavy atom. The van der Waals surface area contributed by atoms with Gasteiger partial charge in [-0.2, -0.15) is 0 Å². The van der Waals surface area contributed by atoms with E-state index in [-0.39, 0.29) is 11.0 Å². The molecule has 1 saturated carbocycles. The van der Waals surface area contributed by atoms with Crippen molar-refractivity contribution in [3.63, 3.8) is 0 Å². The third-order valence-electron chi connectivity index (χ3n) is 4.80. The molecule has 0 unspecified atom stereocenters. The van der Waals surface area contributed by atoms with Crippen molar-refractivity contribution >= 4 is 17.5 Å². The second-order valence-electron chi connectivity index (χ2n) is 6.54. The summed E-state index contributed by atoms with van der Waals surface area (Å²) in [6, 6.07) is 7.73. The maximum absolute atomic E-state index is 12.7. The van der Waals surface area contributed by atoms with Gasteiger partial charge in [-0.3, -0.25) is 4.79 Å². The summed E-state index contributed by atoms with van der Waals surface area (Å²) in [6.07, 6.45) is 6.17. The number of thioether (sulfide) groups is 1. The largest absolute Gasteiger partial charge is 0.497 e. The van der Waals surface area contributed by atoms with Crippen molar-refractivity contribution in [2.75, 3.05) is 7.11 Å². The molecule has 1 aromatic heterocycles. The molecule has 0 radical (unpaired) electrons. The highest BCUT2D eigenvalue weighted by atomic mass is 32.2. The number of ether oxygens (including phenoxy) is 1. The van der Waals surface area contributed by atoms with Crippen LogP contribution in [-0.2, 0) is 0 Å². The van der Waals surface area contributed by atoms with Crippen LogP contribution < -0.4 is 4.74 Å². The standard InChI is InChI=1S/C19H25N3O2S/c1-13(18(23)15-9-11-17(24-3)12-10-15)25-19-21-20-14(2)22(19)16-7-5-4-6-8-16/h9-13,16H,4-8H2,1-3H3/t13-/m0/s1. The summed E-state index contributed by atoms with van der Waals surface area (Å²) in [5.74, 6) is 1.80. The molecule has 1 aliphatic carbocycles. The first-order valence-electron chi connectivity index (χ1n) is 8.86. The Morgan fingerprint density at radius 3 is 2.52 bits per heavy atom. The molecular formula is C19H25N3O2S. The highest BCUT2D eigenvalue weighted by Crippen LogP contribution is 2.34. The van der Waals surface area contributed by atoms with E-state index in [1.54, 1.807) is 7.11 Å². The van der Waals surface area contributed by atoms with Crippen LogP contribution in [0.15, 0.2) is 29.4 Å². The molecule has 3 rings (SSSR count). The van der Waals surface area contributed by atoms with Crippen LogP contribution in [-0.4, -0.2) is 32.9 Å². The number of rotatable bonds is 6. The Labute approximate surface area is 153 Å². The number of hydrogen-bond donors (Lipinski definition) is 0. The van der Waals surface area contributed by atoms with E-state index in [1.807, 2.05) is 38.1 Å². The van der Waals surface area contributed by atoms with Gasteiger partial charge in [0.15, 0.2) is 10.9 Å². The van der Waals surface area contributed by atoms with Gasteiger partial charge in [0.05, 0.1) is 12.4 Å². The van der Waals surface area contributed by atoms with Gasteiger partial charge < -0.3 is 9.30 Å². The third kappa shape index (κ3) is 4.06. The molecule has 5 nitrogen and oxygen atoms in total. The smallest absolute Gasteiger partial charge is 0.192 e. The number of benzene rings is 1. The minimum Gasteiger partial charge on any atom is -0.497 e. The molecule has 6 heteroatoms. The Hall–Kier alpha value is -1.82. The number of Topliss-reactive ketones (excluding diaryl/α,β-unsaturated/α-hetero) is 1. The van der Waals surface area contributed by atoms with Crippen LogP contribution in [0.4, 0.5) is 0 Å². The summed E-state index contributed by atoms with van der Waals surface area (Å²) in [7, 11) is 1.62. The average molecular weight is 359 g/mol. The van der Waals surface area contributed by atoms with E-state index in [0.717, 1.165) is 16.7 Å². The Balaban J connectivity index is 1.74. The van der Waals surface area contributed by atoms with Crippen molar-refractivity contribution in [1.82, 2.24) is 14.8 Å². The van der Waals surface area contributed by atoms with Gasteiger partial charge >= 0.3 is 0 Å². The monoisotopic (exact) mass is 359 g/mol. The van der Waals surface area contributed by atoms with Gasteiger partial charge in [-0.1, -0.05) is 31.0 Å². The Kier molecular flexibility index (Phi) is 5.78. The van der Waals surface area contributed by atoms with Gasteiger partial charge in [0.2, 0.25) is 0 Å². The minimum absolute atomic E-state index is 0.100. The summed E-state index contributed by atoms with van der Waals surface area (Å²) in [4.78, 5) is 12.7. The summed E-state index contributed by atoms with van der Waals surface area (Å²) in [5, 5.41) is 9.25. The Morgan fingerprint density at radius 1 is 1.20 bits per heavy atom. The molecule has 25 heavy (non-hydrogen) atoms. The zero-order valence-corrected chi connectivity index (χ0v) is 15.9. The summed E-state index contributed by atoms with van der Waals surface area (Å²) in [5.41, 5.74) is 0.696. The molecule has 2 aromatic rings. The SMILES string of the molecule is COc1ccc(C(=O)[C@H](C)Sc2nnc(C)n2C2CCCCC2)cc1. The number of ketones is 1. The fraction of sp³-hybridized carbons (Fsp3) is 0.526. The number of methoxy groups -OCH3 is 1. The molecule has 1 heterocycles. The zero-order chi connectivity index (χ0) is 17.8. The van der Waals surface area contributed by atoms with Gasteiger partial charge in [-0.05, 0) is 51.0 Å². The molecule has 1 aliphatic rings. The molecular weight excluding hydrogens is 334 g/mol. The van der Waals surface area contributed by atoms with Crippen molar-refractivity contribution in [3.05, 3.63) is 35.7 Å². The first-order chi connectivity index (χ1) is 12.1. The van der Waals surface area contributed by atoms with Crippen molar-refractivity contribution in [3.8, 4) is 5.75 Å². The predicted octanol–water partition coefficient (Wildman–Crippen LogP) is 4.46. The Bertz CT molecular complexity index is 721. The first kappa shape index (κ1) is 18.0. The lowest BCUT2D eigenvalue weighted by molar-refractivity contribution is 0.0993. The van der Waals surface area contributed by atoms with Gasteiger partial charge in [0.25, 0.3) is 0 Å². The molecule has 0 N–H and O–H groups in total. The van der Waals surface area contributed by atoms with E-state index in [0.29, 0.717) is 11.6 Å². The van der Waals surface area contributed by atoms with E-state index in [2.05, 4.69) is 14.8 Å². The van der Waals surface area contributed by atoms with Crippen LogP contribution in [0.25, 0.3) is 0 Å². The molecule has 1 aromatic carbocycles. The molecule has 0 amide bonds. The van der Waals surface area contributed by atoms with E-state index in [9.17, 15) is 4.79 Å². The van der Waals surface area contributed by atoms with Crippen molar-refractivity contribution in [1.29, 1.82) is 0 Å². The van der Waals surface area contributed by atoms with Crippen molar-refractivity contribution < 1.29 is 9.53 Å². The van der Waals surface area contributed by atoms with Crippen LogP contribution in [0, 0.1) is 6.92 Å². The summed E-state index contributed by atoms with van der Waals surface area (Å²) < 4.78 is 7.39. The molecule has 1 fully saturated rings. The molecule has 0 saturated heterocycles. The van der Waals surface area contributed by atoms with E-state index in [1.165, 1.54) is 43.9 Å². The van der Waals surface area contributed by atoms with Crippen LogP contribution in [0.3, 0.4) is 0 Å². The summed E-state index contributed by atoms with van der Waals surface area (Å²) >= 11 is 1.51. The zero-order valence-electron chi connectivity index (χ0n) is 15.1. The van der Waals surface area contributed by atoms with Crippen molar-refractivity contribution in [2.45, 2.75) is 62.4 Å². The van der Waals surface area contributed by atoms with Crippen LogP contribution in [0.1, 0.15) is 61.3 Å². The number of hydrogen-bond acceptors (Lipinski definition) is 5. The molecule has 1 atom stereocenters. The minimum atomic E-state index is -0.209. The highest BCUT2D eigenvalue weighted by molar-refractivity contribution is 8.00. The fourth-order valence-corrected chi connectivity index (χ4v) is 4.43. The second-order valence-corrected chi connectivity index (χ2v) is 7.85. The molecule has 0 spiro atoms. The van der Waals surface area contributed by atoms with E-state index >= 15 is 0 Å². The second kappa shape index (κ2) is 8.04. The number of nitrogens with zero attached hydrogens (tertiary/aromatic N) is 3. The lowest BCUT2D eigenvalue weighted by Gasteiger charge is -2.25. The van der Waals surface area contributed by atoms with Gasteiger partial charge in [-0.15, -0.1) is 10.2 Å². The normalized spacial score (nSPS) is 16.6. The first-order valence-corrected chi connectivity index (χ1v) is 9.74. The van der Waals surface area contributed by atoms with Gasteiger partial charge in [0, 0.05) is 11.6 Å². The lowest BCUT2D eigenvalue weighted by Crippen LogP contribution is -2.18. The quantitative estimate of drug-likeness (QED) is 0.563. The number of carbonyl (C=O) groups is 1. The maximum atomic E-state index is 12.7. The molecule has 0 aliphatic heterocycles. The molecule has 134 valence electrons. The van der Waals surface area contributed by atoms with Crippen LogP contribution >= 0.6 is 11.8 Å². The highest BCUT2D eigenvalue weighted by Gasteiger charge is 2.25. The predicted molar refractivity (Wildman–Crippen MR) is 99.5 cm³/mol. The fourth-order valence-electron chi connectivity index (χ4n) is 3.39. The average Bonchev–Trinajstić information content (AvgIpc) is 3.02. The lowest BCUT2D eigenvalue weighted by atomic mass is 9.95. The van der Waals surface area contributed by atoms with E-state index in [4.69, 9.17) is 4.74 Å². The topological polar surface area (TPSA) is 57.0 Å². The number of aromatic nitrogens is 3. The maximum Gasteiger partial charge on any atom is 0.192 e. The summed E-state index contributed by atoms with van der Waals surface area (Å²) in [6.45, 7) is 3.94. The van der Waals surface area contributed by atoms with Crippen LogP contribution in [0.5, 0.6) is 5.75 Å². The van der Waals surface area contributed by atoms with E-state index < -0.39 is 0 Å². The van der Waals surface area contributed by atoms with Gasteiger partial charge in [0.1, 0.15) is 11.6 Å². The van der Waals surface area contributed by atoms with Gasteiger partial charge in [-0.25, -0.2) is 0 Å². The molecule has 0 bridgehead atoms. The number of aryl methyl sites for hydroxylation is 1. The number of carbonyl (C=O) groups excluding carboxylic acids is 1. The van der Waals surface area contributed by atoms with Crippen LogP contribution in [0.2, 0.25) is 0 Å². The third-order valence-corrected chi connectivity index (χ3v) is 5.86.